The molecule has 0 bridgehead atoms. The zero-order valence-electron chi connectivity index (χ0n) is 16.0. The summed E-state index contributed by atoms with van der Waals surface area (Å²) in [4.78, 5) is 4.71. The first-order chi connectivity index (χ1) is 12.3. The molecular formula is C18H36IN3O4. The lowest BCUT2D eigenvalue weighted by Crippen LogP contribution is -2.39. The Morgan fingerprint density at radius 1 is 1.35 bits per heavy atom. The first-order valence-electron chi connectivity index (χ1n) is 9.68. The van der Waals surface area contributed by atoms with Crippen molar-refractivity contribution < 1.29 is 19.3 Å². The quantitative estimate of drug-likeness (QED) is 0.178. The van der Waals surface area contributed by atoms with Gasteiger partial charge >= 0.3 is 0 Å². The summed E-state index contributed by atoms with van der Waals surface area (Å²) in [6, 6.07) is 0. The molecule has 3 N–H and O–H groups in total. The molecule has 2 rings (SSSR count). The molecule has 0 aliphatic carbocycles. The number of ether oxygens (including phenoxy) is 3. The van der Waals surface area contributed by atoms with Crippen molar-refractivity contribution in [1.82, 2.24) is 10.6 Å². The average molecular weight is 485 g/mol. The Kier molecular flexibility index (Phi) is 12.8. The normalized spacial score (nSPS) is 25.9. The second-order valence-electron chi connectivity index (χ2n) is 6.96. The predicted octanol–water partition coefficient (Wildman–Crippen LogP) is 1.53. The first-order valence-corrected chi connectivity index (χ1v) is 9.68. The molecule has 154 valence electrons. The Hall–Kier alpha value is -0.160. The second-order valence-corrected chi connectivity index (χ2v) is 6.96. The summed E-state index contributed by atoms with van der Waals surface area (Å²) in [5, 5.41) is 15.9. The van der Waals surface area contributed by atoms with Gasteiger partial charge in [-0.2, -0.15) is 0 Å². The van der Waals surface area contributed by atoms with Crippen LogP contribution in [0.2, 0.25) is 0 Å². The van der Waals surface area contributed by atoms with Crippen molar-refractivity contribution in [2.45, 2.75) is 45.1 Å². The number of aliphatic hydroxyl groups is 1. The van der Waals surface area contributed by atoms with Gasteiger partial charge in [0.05, 0.1) is 25.9 Å². The highest BCUT2D eigenvalue weighted by Crippen LogP contribution is 2.32. The number of aliphatic hydroxyl groups excluding tert-OH is 1. The van der Waals surface area contributed by atoms with Crippen molar-refractivity contribution in [2.24, 2.45) is 10.4 Å². The maximum atomic E-state index is 9.30. The number of aliphatic imine (C=N–C) groups is 1. The SMILES string of the molecule is CCNC(=NCC1(CCO)CCOC1)NCCCOCC1CCCO1.I. The fourth-order valence-electron chi connectivity index (χ4n) is 3.25. The molecule has 0 amide bonds. The lowest BCUT2D eigenvalue weighted by molar-refractivity contribution is 0.0168. The smallest absolute Gasteiger partial charge is 0.191 e. The van der Waals surface area contributed by atoms with Crippen LogP contribution < -0.4 is 10.6 Å². The van der Waals surface area contributed by atoms with Crippen LogP contribution in [0.15, 0.2) is 4.99 Å². The number of halogens is 1. The number of rotatable bonds is 11. The van der Waals surface area contributed by atoms with E-state index in [4.69, 9.17) is 19.2 Å². The number of hydrogen-bond donors (Lipinski definition) is 3. The maximum Gasteiger partial charge on any atom is 0.191 e. The van der Waals surface area contributed by atoms with Gasteiger partial charge in [-0.05, 0) is 39.0 Å². The van der Waals surface area contributed by atoms with Crippen molar-refractivity contribution in [2.75, 3.05) is 59.3 Å². The van der Waals surface area contributed by atoms with E-state index in [0.717, 1.165) is 71.0 Å². The Balaban J connectivity index is 0.00000338. The van der Waals surface area contributed by atoms with Gasteiger partial charge in [0.1, 0.15) is 0 Å². The van der Waals surface area contributed by atoms with E-state index in [-0.39, 0.29) is 36.0 Å². The largest absolute Gasteiger partial charge is 0.396 e. The number of hydrogen-bond acceptors (Lipinski definition) is 5. The molecule has 0 spiro atoms. The highest BCUT2D eigenvalue weighted by molar-refractivity contribution is 14.0. The van der Waals surface area contributed by atoms with E-state index in [1.165, 1.54) is 0 Å². The van der Waals surface area contributed by atoms with E-state index in [1.54, 1.807) is 0 Å². The van der Waals surface area contributed by atoms with Crippen LogP contribution in [0.25, 0.3) is 0 Å². The van der Waals surface area contributed by atoms with Crippen LogP contribution in [0.1, 0.15) is 39.0 Å². The predicted molar refractivity (Wildman–Crippen MR) is 113 cm³/mol. The molecule has 0 aromatic heterocycles. The van der Waals surface area contributed by atoms with E-state index in [2.05, 4.69) is 17.6 Å². The number of guanidine groups is 1. The minimum atomic E-state index is -0.0124. The third-order valence-electron chi connectivity index (χ3n) is 4.83. The molecule has 0 saturated carbocycles. The molecule has 0 aromatic rings. The molecule has 2 saturated heterocycles. The van der Waals surface area contributed by atoms with Crippen molar-refractivity contribution in [3.63, 3.8) is 0 Å². The molecule has 26 heavy (non-hydrogen) atoms. The summed E-state index contributed by atoms with van der Waals surface area (Å²) < 4.78 is 16.7. The highest BCUT2D eigenvalue weighted by atomic mass is 127. The molecule has 2 fully saturated rings. The van der Waals surface area contributed by atoms with Crippen LogP contribution in [0, 0.1) is 5.41 Å². The highest BCUT2D eigenvalue weighted by Gasteiger charge is 2.34. The van der Waals surface area contributed by atoms with E-state index in [0.29, 0.717) is 25.9 Å². The monoisotopic (exact) mass is 485 g/mol. The van der Waals surface area contributed by atoms with Gasteiger partial charge in [0.15, 0.2) is 5.96 Å². The average Bonchev–Trinajstić information content (AvgIpc) is 3.28. The van der Waals surface area contributed by atoms with Gasteiger partial charge in [0, 0.05) is 44.9 Å². The van der Waals surface area contributed by atoms with Gasteiger partial charge in [-0.15, -0.1) is 24.0 Å². The van der Waals surface area contributed by atoms with Crippen LogP contribution in [0.3, 0.4) is 0 Å². The molecule has 2 atom stereocenters. The van der Waals surface area contributed by atoms with Gasteiger partial charge in [0.2, 0.25) is 0 Å². The Morgan fingerprint density at radius 3 is 2.88 bits per heavy atom. The summed E-state index contributed by atoms with van der Waals surface area (Å²) >= 11 is 0. The van der Waals surface area contributed by atoms with E-state index < -0.39 is 0 Å². The van der Waals surface area contributed by atoms with Crippen LogP contribution in [-0.4, -0.2) is 76.4 Å². The Bertz CT molecular complexity index is 387. The zero-order valence-corrected chi connectivity index (χ0v) is 18.3. The topological polar surface area (TPSA) is 84.3 Å². The van der Waals surface area contributed by atoms with Gasteiger partial charge in [-0.1, -0.05) is 0 Å². The molecule has 0 aromatic carbocycles. The summed E-state index contributed by atoms with van der Waals surface area (Å²) in [6.07, 6.45) is 5.21. The molecule has 8 heteroatoms. The molecule has 0 radical (unpaired) electrons. The third kappa shape index (κ3) is 8.69. The van der Waals surface area contributed by atoms with Gasteiger partial charge in [-0.25, -0.2) is 0 Å². The minimum Gasteiger partial charge on any atom is -0.396 e. The van der Waals surface area contributed by atoms with Gasteiger partial charge < -0.3 is 30.0 Å². The Morgan fingerprint density at radius 2 is 2.23 bits per heavy atom. The molecule has 2 unspecified atom stereocenters. The van der Waals surface area contributed by atoms with Crippen LogP contribution >= 0.6 is 24.0 Å². The number of nitrogens with one attached hydrogen (secondary N) is 2. The fourth-order valence-corrected chi connectivity index (χ4v) is 3.25. The van der Waals surface area contributed by atoms with Gasteiger partial charge in [-0.3, -0.25) is 4.99 Å². The number of nitrogens with zero attached hydrogens (tertiary/aromatic N) is 1. The van der Waals surface area contributed by atoms with Crippen molar-refractivity contribution in [1.29, 1.82) is 0 Å². The molecule has 2 aliphatic heterocycles. The van der Waals surface area contributed by atoms with Crippen molar-refractivity contribution in [3.8, 4) is 0 Å². The Labute approximate surface area is 174 Å². The molecule has 7 nitrogen and oxygen atoms in total. The third-order valence-corrected chi connectivity index (χ3v) is 4.83. The summed E-state index contributed by atoms with van der Waals surface area (Å²) in [5.74, 6) is 0.825. The van der Waals surface area contributed by atoms with Crippen molar-refractivity contribution in [3.05, 3.63) is 0 Å². The summed E-state index contributed by atoms with van der Waals surface area (Å²) in [7, 11) is 0. The minimum absolute atomic E-state index is 0. The van der Waals surface area contributed by atoms with Gasteiger partial charge in [0.25, 0.3) is 0 Å². The van der Waals surface area contributed by atoms with Crippen molar-refractivity contribution >= 4 is 29.9 Å². The first kappa shape index (κ1) is 23.9. The second kappa shape index (κ2) is 13.9. The summed E-state index contributed by atoms with van der Waals surface area (Å²) in [5.41, 5.74) is -0.0124. The lowest BCUT2D eigenvalue weighted by atomic mass is 9.84. The zero-order chi connectivity index (χ0) is 17.8. The maximum absolute atomic E-state index is 9.30. The standard InChI is InChI=1S/C18H35N3O4.HI/c1-2-19-17(21-14-18(6-9-22)7-12-24-15-18)20-8-4-10-23-13-16-5-3-11-25-16;/h16,22H,2-15H2,1H3,(H2,19,20,21);1H. The fraction of sp³-hybridized carbons (Fsp3) is 0.944. The molecule has 2 aliphatic rings. The molecule has 2 heterocycles. The van der Waals surface area contributed by atoms with E-state index in [1.807, 2.05) is 0 Å². The van der Waals surface area contributed by atoms with E-state index in [9.17, 15) is 5.11 Å². The summed E-state index contributed by atoms with van der Waals surface area (Å²) in [6.45, 7) is 8.33. The lowest BCUT2D eigenvalue weighted by Gasteiger charge is -2.24. The molecular weight excluding hydrogens is 449 g/mol. The van der Waals surface area contributed by atoms with E-state index >= 15 is 0 Å². The van der Waals surface area contributed by atoms with Crippen LogP contribution in [-0.2, 0) is 14.2 Å². The van der Waals surface area contributed by atoms with Crippen LogP contribution in [0.5, 0.6) is 0 Å². The van der Waals surface area contributed by atoms with Crippen LogP contribution in [0.4, 0.5) is 0 Å².